The van der Waals surface area contributed by atoms with Crippen molar-refractivity contribution >= 4 is 50.0 Å². The molecular formula is C13H15BrIN5. The van der Waals surface area contributed by atoms with Gasteiger partial charge in [0.05, 0.1) is 0 Å². The first-order chi connectivity index (χ1) is 9.61. The molecule has 2 aromatic rings. The molecule has 7 heteroatoms. The van der Waals surface area contributed by atoms with E-state index in [1.807, 2.05) is 4.52 Å². The average Bonchev–Trinajstić information content (AvgIpc) is 3.02. The average molecular weight is 448 g/mol. The number of fused-ring (bicyclic) bond motifs is 2. The van der Waals surface area contributed by atoms with Gasteiger partial charge in [-0.25, -0.2) is 9.50 Å². The summed E-state index contributed by atoms with van der Waals surface area (Å²) in [4.78, 5) is 9.30. The summed E-state index contributed by atoms with van der Waals surface area (Å²) in [6.07, 6.45) is 0. The van der Waals surface area contributed by atoms with Crippen LogP contribution in [0.5, 0.6) is 0 Å². The second kappa shape index (κ2) is 4.81. The molecule has 0 spiro atoms. The zero-order chi connectivity index (χ0) is 13.9. The van der Waals surface area contributed by atoms with Crippen molar-refractivity contribution in [2.24, 2.45) is 11.8 Å². The highest BCUT2D eigenvalue weighted by Crippen LogP contribution is 2.32. The van der Waals surface area contributed by atoms with Gasteiger partial charge in [0.25, 0.3) is 0 Å². The highest BCUT2D eigenvalue weighted by atomic mass is 127. The monoisotopic (exact) mass is 447 g/mol. The number of anilines is 1. The zero-order valence-electron chi connectivity index (χ0n) is 11.1. The summed E-state index contributed by atoms with van der Waals surface area (Å²) in [7, 11) is 2.22. The van der Waals surface area contributed by atoms with Gasteiger partial charge >= 0.3 is 0 Å². The summed E-state index contributed by atoms with van der Waals surface area (Å²) < 4.78 is 3.81. The van der Waals surface area contributed by atoms with E-state index in [2.05, 4.69) is 72.5 Å². The van der Waals surface area contributed by atoms with Crippen LogP contribution in [0.4, 0.5) is 5.82 Å². The van der Waals surface area contributed by atoms with Crippen LogP contribution >= 0.6 is 38.5 Å². The van der Waals surface area contributed by atoms with Crippen LogP contribution in [-0.4, -0.2) is 52.7 Å². The molecule has 0 aliphatic carbocycles. The lowest BCUT2D eigenvalue weighted by molar-refractivity contribution is 0.386. The fourth-order valence-electron chi connectivity index (χ4n) is 3.45. The topological polar surface area (TPSA) is 36.7 Å². The number of rotatable bonds is 1. The lowest BCUT2D eigenvalue weighted by Gasteiger charge is -2.20. The van der Waals surface area contributed by atoms with Gasteiger partial charge in [0.2, 0.25) is 0 Å². The van der Waals surface area contributed by atoms with Crippen LogP contribution in [0, 0.1) is 15.5 Å². The number of hydrogen-bond acceptors (Lipinski definition) is 4. The van der Waals surface area contributed by atoms with E-state index in [-0.39, 0.29) is 0 Å². The third-order valence-electron chi connectivity index (χ3n) is 4.36. The van der Waals surface area contributed by atoms with E-state index in [0.717, 1.165) is 44.7 Å². The van der Waals surface area contributed by atoms with Crippen molar-refractivity contribution in [1.82, 2.24) is 19.5 Å². The Bertz CT molecular complexity index is 658. The molecule has 0 N–H and O–H groups in total. The second-order valence-corrected chi connectivity index (χ2v) is 7.57. The van der Waals surface area contributed by atoms with Gasteiger partial charge in [-0.3, -0.25) is 0 Å². The highest BCUT2D eigenvalue weighted by molar-refractivity contribution is 14.1. The van der Waals surface area contributed by atoms with Gasteiger partial charge in [-0.15, -0.1) is 5.10 Å². The first-order valence-corrected chi connectivity index (χ1v) is 8.63. The molecule has 0 saturated carbocycles. The Labute approximate surface area is 139 Å². The third-order valence-corrected chi connectivity index (χ3v) is 6.62. The predicted octanol–water partition coefficient (Wildman–Crippen LogP) is 2.09. The van der Waals surface area contributed by atoms with Gasteiger partial charge in [-0.05, 0) is 69.5 Å². The first-order valence-electron chi connectivity index (χ1n) is 6.76. The number of aromatic nitrogens is 3. The van der Waals surface area contributed by atoms with Crippen LogP contribution in [0.2, 0.25) is 0 Å². The number of imidazole rings is 1. The van der Waals surface area contributed by atoms with Crippen molar-refractivity contribution in [2.45, 2.75) is 0 Å². The van der Waals surface area contributed by atoms with Gasteiger partial charge in [0, 0.05) is 26.2 Å². The Balaban J connectivity index is 1.65. The standard InChI is InChI=1S/C13H15BrIN5/c1-18-4-8-6-19(7-9(8)5-18)11-3-2-10-16-12(14)13(15)20(10)17-11/h2-3,8-9H,4-7H2,1H3/t8-,9+. The van der Waals surface area contributed by atoms with E-state index in [4.69, 9.17) is 5.10 Å². The van der Waals surface area contributed by atoms with Crippen molar-refractivity contribution in [3.05, 3.63) is 20.4 Å². The van der Waals surface area contributed by atoms with Crippen LogP contribution in [0.15, 0.2) is 16.7 Å². The molecule has 4 rings (SSSR count). The molecule has 2 aromatic heterocycles. The molecule has 2 aliphatic heterocycles. The predicted molar refractivity (Wildman–Crippen MR) is 90.1 cm³/mol. The molecular weight excluding hydrogens is 433 g/mol. The van der Waals surface area contributed by atoms with Gasteiger partial charge in [-0.1, -0.05) is 0 Å². The molecule has 0 radical (unpaired) electrons. The first kappa shape index (κ1) is 13.3. The lowest BCUT2D eigenvalue weighted by atomic mass is 10.0. The van der Waals surface area contributed by atoms with Gasteiger partial charge < -0.3 is 9.80 Å². The molecule has 0 unspecified atom stereocenters. The third kappa shape index (κ3) is 2.05. The van der Waals surface area contributed by atoms with Gasteiger partial charge in [0.1, 0.15) is 14.1 Å². The maximum atomic E-state index is 4.75. The van der Waals surface area contributed by atoms with Crippen LogP contribution < -0.4 is 4.90 Å². The van der Waals surface area contributed by atoms with Crippen molar-refractivity contribution in [2.75, 3.05) is 38.1 Å². The maximum absolute atomic E-state index is 4.75. The minimum atomic E-state index is 0.797. The van der Waals surface area contributed by atoms with E-state index in [1.165, 1.54) is 13.1 Å². The summed E-state index contributed by atoms with van der Waals surface area (Å²) >= 11 is 5.74. The Kier molecular flexibility index (Phi) is 3.19. The van der Waals surface area contributed by atoms with Crippen molar-refractivity contribution in [3.63, 3.8) is 0 Å². The molecule has 106 valence electrons. The fourth-order valence-corrected chi connectivity index (χ4v) is 4.28. The molecule has 5 nitrogen and oxygen atoms in total. The molecule has 2 saturated heterocycles. The summed E-state index contributed by atoms with van der Waals surface area (Å²) in [6, 6.07) is 4.14. The SMILES string of the molecule is CN1C[C@@H]2CN(c3ccc4nc(Br)c(I)n4n3)C[C@@H]2C1. The number of hydrogen-bond donors (Lipinski definition) is 0. The highest BCUT2D eigenvalue weighted by Gasteiger charge is 2.39. The summed E-state index contributed by atoms with van der Waals surface area (Å²) in [5.41, 5.74) is 0.893. The van der Waals surface area contributed by atoms with Crippen molar-refractivity contribution in [1.29, 1.82) is 0 Å². The second-order valence-electron chi connectivity index (χ2n) is 5.80. The normalized spacial score (nSPS) is 26.6. The van der Waals surface area contributed by atoms with E-state index in [1.54, 1.807) is 0 Å². The van der Waals surface area contributed by atoms with Crippen LogP contribution in [0.3, 0.4) is 0 Å². The van der Waals surface area contributed by atoms with Crippen molar-refractivity contribution < 1.29 is 0 Å². The fraction of sp³-hybridized carbons (Fsp3) is 0.538. The molecule has 0 amide bonds. The Morgan fingerprint density at radius 3 is 2.60 bits per heavy atom. The Hall–Kier alpha value is -0.410. The van der Waals surface area contributed by atoms with Crippen LogP contribution in [0.25, 0.3) is 5.65 Å². The van der Waals surface area contributed by atoms with Crippen LogP contribution in [-0.2, 0) is 0 Å². The smallest absolute Gasteiger partial charge is 0.156 e. The summed E-state index contributed by atoms with van der Waals surface area (Å²) in [5, 5.41) is 4.75. The molecule has 4 heterocycles. The molecule has 0 aromatic carbocycles. The quantitative estimate of drug-likeness (QED) is 0.627. The molecule has 20 heavy (non-hydrogen) atoms. The van der Waals surface area contributed by atoms with E-state index in [0.29, 0.717) is 0 Å². The van der Waals surface area contributed by atoms with Gasteiger partial charge in [0.15, 0.2) is 5.65 Å². The zero-order valence-corrected chi connectivity index (χ0v) is 14.9. The Morgan fingerprint density at radius 1 is 1.20 bits per heavy atom. The number of halogens is 2. The van der Waals surface area contributed by atoms with E-state index >= 15 is 0 Å². The minimum Gasteiger partial charge on any atom is -0.355 e. The summed E-state index contributed by atoms with van der Waals surface area (Å²) in [5.74, 6) is 2.66. The number of likely N-dealkylation sites (tertiary alicyclic amines) is 1. The van der Waals surface area contributed by atoms with E-state index in [9.17, 15) is 0 Å². The molecule has 2 atom stereocenters. The van der Waals surface area contributed by atoms with Crippen LogP contribution in [0.1, 0.15) is 0 Å². The van der Waals surface area contributed by atoms with Gasteiger partial charge in [-0.2, -0.15) is 0 Å². The minimum absolute atomic E-state index is 0.797. The Morgan fingerprint density at radius 2 is 1.90 bits per heavy atom. The van der Waals surface area contributed by atoms with E-state index < -0.39 is 0 Å². The van der Waals surface area contributed by atoms with Crippen molar-refractivity contribution in [3.8, 4) is 0 Å². The molecule has 2 aliphatic rings. The molecule has 0 bridgehead atoms. The largest absolute Gasteiger partial charge is 0.355 e. The summed E-state index contributed by atoms with van der Waals surface area (Å²) in [6.45, 7) is 4.69. The lowest BCUT2D eigenvalue weighted by Crippen LogP contribution is -2.27. The molecule has 2 fully saturated rings. The number of nitrogens with zero attached hydrogens (tertiary/aromatic N) is 5. The maximum Gasteiger partial charge on any atom is 0.156 e.